The molecule has 0 heterocycles. The monoisotopic (exact) mass is 486 g/mol. The van der Waals surface area contributed by atoms with Crippen LogP contribution < -0.4 is 16.4 Å². The summed E-state index contributed by atoms with van der Waals surface area (Å²) >= 11 is 0. The van der Waals surface area contributed by atoms with E-state index in [2.05, 4.69) is 0 Å². The summed E-state index contributed by atoms with van der Waals surface area (Å²) in [4.78, 5) is 42.3. The Labute approximate surface area is 201 Å². The molecule has 11 heteroatoms. The number of hydrogen-bond donors (Lipinski definition) is 6. The zero-order chi connectivity index (χ0) is 26.1. The van der Waals surface area contributed by atoms with E-state index in [0.29, 0.717) is 16.8 Å². The molecule has 0 aliphatic heterocycles. The minimum atomic E-state index is -2.66. The second kappa shape index (κ2) is 8.08. The summed E-state index contributed by atoms with van der Waals surface area (Å²) in [6.45, 7) is -0.0389. The summed E-state index contributed by atoms with van der Waals surface area (Å²) in [5.41, 5.74) is 8.94. The Bertz CT molecular complexity index is 1230. The number of anilines is 1. The fourth-order valence-corrected chi connectivity index (χ4v) is 5.91. The molecule has 35 heavy (non-hydrogen) atoms. The van der Waals surface area contributed by atoms with Crippen LogP contribution in [-0.2, 0) is 22.6 Å². The fourth-order valence-electron chi connectivity index (χ4n) is 5.91. The molecule has 0 spiro atoms. The number of aliphatic hydroxyl groups excluding tert-OH is 2. The zero-order valence-corrected chi connectivity index (χ0v) is 20.0. The van der Waals surface area contributed by atoms with Crippen molar-refractivity contribution in [2.75, 3.05) is 33.1 Å². The van der Waals surface area contributed by atoms with E-state index in [1.807, 2.05) is 0 Å². The highest BCUT2D eigenvalue weighted by molar-refractivity contribution is 6.24. The van der Waals surface area contributed by atoms with Gasteiger partial charge in [-0.1, -0.05) is 0 Å². The van der Waals surface area contributed by atoms with Crippen LogP contribution in [0, 0.1) is 11.8 Å². The highest BCUT2D eigenvalue weighted by Crippen LogP contribution is 2.53. The summed E-state index contributed by atoms with van der Waals surface area (Å²) in [7, 11) is 6.75. The lowest BCUT2D eigenvalue weighted by Crippen LogP contribution is -2.63. The van der Waals surface area contributed by atoms with E-state index in [9.17, 15) is 34.8 Å². The van der Waals surface area contributed by atoms with E-state index >= 15 is 0 Å². The average molecular weight is 487 g/mol. The lowest BCUT2D eigenvalue weighted by Gasteiger charge is -2.50. The number of primary amides is 1. The Hall–Kier alpha value is -3.41. The number of nitrogens with two attached hydrogens (primary N) is 2. The second-order valence-corrected chi connectivity index (χ2v) is 9.82. The van der Waals surface area contributed by atoms with Crippen molar-refractivity contribution in [1.29, 1.82) is 0 Å². The van der Waals surface area contributed by atoms with Crippen molar-refractivity contribution in [3.63, 3.8) is 0 Å². The van der Waals surface area contributed by atoms with Gasteiger partial charge in [0.1, 0.15) is 22.8 Å². The number of rotatable bonds is 4. The second-order valence-electron chi connectivity index (χ2n) is 9.82. The first kappa shape index (κ1) is 24.7. The van der Waals surface area contributed by atoms with Crippen molar-refractivity contribution < 1.29 is 34.8 Å². The largest absolute Gasteiger partial charge is 0.510 e. The van der Waals surface area contributed by atoms with E-state index < -0.39 is 58.0 Å². The maximum atomic E-state index is 13.7. The van der Waals surface area contributed by atoms with Crippen molar-refractivity contribution in [1.82, 2.24) is 4.90 Å². The fraction of sp³-hybridized carbons (Fsp3) is 0.458. The molecule has 0 fully saturated rings. The number of aromatic hydroxyl groups is 1. The van der Waals surface area contributed by atoms with Gasteiger partial charge in [0.2, 0.25) is 5.78 Å². The molecule has 0 saturated heterocycles. The zero-order valence-electron chi connectivity index (χ0n) is 20.0. The van der Waals surface area contributed by atoms with Gasteiger partial charge in [-0.15, -0.1) is 0 Å². The SMILES string of the molecule is CN(C)c1cc(CN)c(O)c2c1CC1CC3C(N(C)C)C(O)=C(C(N)=O)C(=O)[C@@]3(O)C(O)=C1C2=O. The van der Waals surface area contributed by atoms with Gasteiger partial charge >= 0.3 is 0 Å². The van der Waals surface area contributed by atoms with Crippen molar-refractivity contribution in [2.45, 2.75) is 31.0 Å². The van der Waals surface area contributed by atoms with Crippen molar-refractivity contribution >= 4 is 23.2 Å². The summed E-state index contributed by atoms with van der Waals surface area (Å²) in [5.74, 6) is -6.74. The Balaban J connectivity index is 2.00. The highest BCUT2D eigenvalue weighted by atomic mass is 16.3. The van der Waals surface area contributed by atoms with Crippen LogP contribution in [0.2, 0.25) is 0 Å². The molecule has 0 aromatic heterocycles. The number of benzene rings is 1. The molecule has 4 rings (SSSR count). The smallest absolute Gasteiger partial charge is 0.255 e. The van der Waals surface area contributed by atoms with Crippen molar-refractivity contribution in [3.05, 3.63) is 45.4 Å². The summed E-state index contributed by atoms with van der Waals surface area (Å²) in [5, 5.41) is 44.5. The Kier molecular flexibility index (Phi) is 5.70. The van der Waals surface area contributed by atoms with Gasteiger partial charge < -0.3 is 36.8 Å². The van der Waals surface area contributed by atoms with E-state index in [1.54, 1.807) is 39.2 Å². The van der Waals surface area contributed by atoms with Gasteiger partial charge in [-0.2, -0.15) is 0 Å². The molecule has 0 radical (unpaired) electrons. The van der Waals surface area contributed by atoms with Crippen LogP contribution in [0.15, 0.2) is 28.7 Å². The van der Waals surface area contributed by atoms with Crippen LogP contribution in [0.1, 0.15) is 27.9 Å². The number of phenols is 1. The maximum Gasteiger partial charge on any atom is 0.255 e. The van der Waals surface area contributed by atoms with Crippen LogP contribution in [0.3, 0.4) is 0 Å². The van der Waals surface area contributed by atoms with Gasteiger partial charge in [0.05, 0.1) is 11.6 Å². The standard InChI is InChI=1S/C24H30N4O7/c1-27(2)13-7-10(8-25)18(29)15-11(13)5-9-6-12-17(28(3)4)20(31)16(23(26)34)22(33)24(12,35)21(32)14(9)19(15)30/h7,9,12,17,29,31-32,35H,5-6,8,25H2,1-4H3,(H2,26,34)/t9?,12?,17?,24-/m0/s1. The molecule has 0 saturated carbocycles. The topological polar surface area (TPSA) is 191 Å². The predicted molar refractivity (Wildman–Crippen MR) is 126 cm³/mol. The molecular formula is C24H30N4O7. The van der Waals surface area contributed by atoms with Crippen LogP contribution in [0.4, 0.5) is 5.69 Å². The van der Waals surface area contributed by atoms with Crippen molar-refractivity contribution in [3.8, 4) is 5.75 Å². The summed E-state index contributed by atoms with van der Waals surface area (Å²) < 4.78 is 0. The molecule has 1 aromatic rings. The number of fused-ring (bicyclic) bond motifs is 3. The van der Waals surface area contributed by atoms with Gasteiger partial charge in [0.25, 0.3) is 5.91 Å². The molecule has 11 nitrogen and oxygen atoms in total. The molecule has 1 aromatic carbocycles. The van der Waals surface area contributed by atoms with Gasteiger partial charge in [-0.3, -0.25) is 19.3 Å². The molecule has 3 unspecified atom stereocenters. The highest BCUT2D eigenvalue weighted by Gasteiger charge is 2.63. The van der Waals surface area contributed by atoms with E-state index in [4.69, 9.17) is 11.5 Å². The van der Waals surface area contributed by atoms with Crippen LogP contribution >= 0.6 is 0 Å². The number of carbonyl (C=O) groups is 3. The number of allylic oxidation sites excluding steroid dienone is 1. The molecule has 3 aliphatic carbocycles. The third-order valence-electron chi connectivity index (χ3n) is 7.48. The lowest BCUT2D eigenvalue weighted by molar-refractivity contribution is -0.148. The molecule has 4 atom stereocenters. The number of ketones is 2. The van der Waals surface area contributed by atoms with E-state index in [-0.39, 0.29) is 36.3 Å². The molecule has 1 amide bonds. The minimum absolute atomic E-state index is 0.0389. The third kappa shape index (κ3) is 3.19. The van der Waals surface area contributed by atoms with Crippen LogP contribution in [0.5, 0.6) is 5.75 Å². The quantitative estimate of drug-likeness (QED) is 0.307. The summed E-state index contributed by atoms with van der Waals surface area (Å²) in [6.07, 6.45) is 0.262. The lowest BCUT2D eigenvalue weighted by atomic mass is 9.58. The number of likely N-dealkylation sites (N-methyl/N-ethyl adjacent to an activating group) is 1. The maximum absolute atomic E-state index is 13.7. The predicted octanol–water partition coefficient (Wildman–Crippen LogP) is -0.355. The Morgan fingerprint density at radius 2 is 1.80 bits per heavy atom. The Morgan fingerprint density at radius 3 is 2.31 bits per heavy atom. The van der Waals surface area contributed by atoms with Gasteiger partial charge in [0, 0.05) is 43.4 Å². The summed E-state index contributed by atoms with van der Waals surface area (Å²) in [6, 6.07) is 0.678. The molecule has 0 bridgehead atoms. The number of amides is 1. The van der Waals surface area contributed by atoms with E-state index in [1.165, 1.54) is 4.90 Å². The first-order valence-corrected chi connectivity index (χ1v) is 11.2. The number of nitrogens with zero attached hydrogens (tertiary/aromatic N) is 2. The van der Waals surface area contributed by atoms with Crippen molar-refractivity contribution in [2.24, 2.45) is 23.3 Å². The third-order valence-corrected chi connectivity index (χ3v) is 7.48. The molecule has 188 valence electrons. The number of carbonyl (C=O) groups excluding carboxylic acids is 3. The first-order valence-electron chi connectivity index (χ1n) is 11.2. The van der Waals surface area contributed by atoms with Crippen LogP contribution in [-0.4, -0.2) is 82.6 Å². The number of phenolic OH excluding ortho intramolecular Hbond substituents is 1. The number of aliphatic hydroxyl groups is 3. The minimum Gasteiger partial charge on any atom is -0.510 e. The first-order chi connectivity index (χ1) is 16.3. The number of Topliss-reactive ketones (excluding diaryl/α,β-unsaturated/α-hetero) is 2. The molecule has 3 aliphatic rings. The molecule has 8 N–H and O–H groups in total. The van der Waals surface area contributed by atoms with Gasteiger partial charge in [-0.05, 0) is 44.5 Å². The van der Waals surface area contributed by atoms with Gasteiger partial charge in [0.15, 0.2) is 11.4 Å². The number of hydrogen-bond acceptors (Lipinski definition) is 10. The van der Waals surface area contributed by atoms with Gasteiger partial charge in [-0.25, -0.2) is 0 Å². The van der Waals surface area contributed by atoms with E-state index in [0.717, 1.165) is 0 Å². The average Bonchev–Trinajstić information content (AvgIpc) is 2.75. The van der Waals surface area contributed by atoms with Crippen LogP contribution in [0.25, 0.3) is 0 Å². The molecular weight excluding hydrogens is 456 g/mol. The normalized spacial score (nSPS) is 28.1. The Morgan fingerprint density at radius 1 is 1.17 bits per heavy atom.